The van der Waals surface area contributed by atoms with Crippen LogP contribution in [-0.2, 0) is 0 Å². The van der Waals surface area contributed by atoms with Crippen molar-refractivity contribution in [1.82, 2.24) is 9.97 Å². The molecule has 17 heavy (non-hydrogen) atoms. The molecule has 1 aromatic heterocycles. The quantitative estimate of drug-likeness (QED) is 0.802. The SMILES string of the molecule is CC1CCCC1c1nc2cc(F)c(F)cc2[nH]1. The third-order valence-corrected chi connectivity index (χ3v) is 3.75. The Balaban J connectivity index is 2.07. The second-order valence-electron chi connectivity index (χ2n) is 4.92. The number of hydrogen-bond acceptors (Lipinski definition) is 1. The van der Waals surface area contributed by atoms with Crippen LogP contribution in [0.3, 0.4) is 0 Å². The number of aromatic amines is 1. The molecule has 2 aromatic rings. The fourth-order valence-electron chi connectivity index (χ4n) is 2.75. The summed E-state index contributed by atoms with van der Waals surface area (Å²) in [7, 11) is 0. The van der Waals surface area contributed by atoms with E-state index in [-0.39, 0.29) is 0 Å². The minimum absolute atomic E-state index is 0.397. The molecule has 0 spiro atoms. The van der Waals surface area contributed by atoms with Crippen LogP contribution >= 0.6 is 0 Å². The second kappa shape index (κ2) is 3.79. The predicted molar refractivity (Wildman–Crippen MR) is 61.8 cm³/mol. The van der Waals surface area contributed by atoms with E-state index in [2.05, 4.69) is 16.9 Å². The van der Waals surface area contributed by atoms with E-state index in [1.54, 1.807) is 0 Å². The maximum Gasteiger partial charge on any atom is 0.161 e. The Hall–Kier alpha value is -1.45. The smallest absolute Gasteiger partial charge is 0.161 e. The van der Waals surface area contributed by atoms with E-state index in [9.17, 15) is 8.78 Å². The van der Waals surface area contributed by atoms with E-state index in [0.29, 0.717) is 22.9 Å². The number of benzene rings is 1. The van der Waals surface area contributed by atoms with Gasteiger partial charge in [0.05, 0.1) is 11.0 Å². The van der Waals surface area contributed by atoms with Gasteiger partial charge in [0.25, 0.3) is 0 Å². The molecule has 0 amide bonds. The maximum absolute atomic E-state index is 13.1. The van der Waals surface area contributed by atoms with E-state index >= 15 is 0 Å². The van der Waals surface area contributed by atoms with Gasteiger partial charge in [-0.3, -0.25) is 0 Å². The molecule has 0 radical (unpaired) electrons. The van der Waals surface area contributed by atoms with Crippen molar-refractivity contribution in [3.8, 4) is 0 Å². The fourth-order valence-corrected chi connectivity index (χ4v) is 2.75. The van der Waals surface area contributed by atoms with Gasteiger partial charge in [-0.1, -0.05) is 13.3 Å². The molecule has 1 saturated carbocycles. The Morgan fingerprint density at radius 3 is 2.71 bits per heavy atom. The van der Waals surface area contributed by atoms with Crippen molar-refractivity contribution in [1.29, 1.82) is 0 Å². The van der Waals surface area contributed by atoms with Crippen molar-refractivity contribution in [2.75, 3.05) is 0 Å². The standard InChI is InChI=1S/C13H14F2N2/c1-7-3-2-4-8(7)13-16-11-5-9(14)10(15)6-12(11)17-13/h5-8H,2-4H2,1H3,(H,16,17). The Bertz CT molecular complexity index is 523. The number of fused-ring (bicyclic) bond motifs is 1. The molecular formula is C13H14F2N2. The van der Waals surface area contributed by atoms with Crippen LogP contribution in [-0.4, -0.2) is 9.97 Å². The van der Waals surface area contributed by atoms with Crippen LogP contribution in [0, 0.1) is 17.6 Å². The van der Waals surface area contributed by atoms with E-state index in [1.165, 1.54) is 18.9 Å². The number of aromatic nitrogens is 2. The first kappa shape index (κ1) is 10.7. The summed E-state index contributed by atoms with van der Waals surface area (Å²) >= 11 is 0. The first-order chi connectivity index (χ1) is 8.15. The first-order valence-electron chi connectivity index (χ1n) is 6.00. The lowest BCUT2D eigenvalue weighted by molar-refractivity contribution is 0.510. The first-order valence-corrected chi connectivity index (χ1v) is 6.00. The zero-order valence-electron chi connectivity index (χ0n) is 9.63. The Kier molecular flexibility index (Phi) is 2.38. The molecule has 1 N–H and O–H groups in total. The molecular weight excluding hydrogens is 222 g/mol. The highest BCUT2D eigenvalue weighted by molar-refractivity contribution is 5.75. The lowest BCUT2D eigenvalue weighted by Gasteiger charge is -2.11. The topological polar surface area (TPSA) is 28.7 Å². The van der Waals surface area contributed by atoms with Crippen molar-refractivity contribution in [2.24, 2.45) is 5.92 Å². The van der Waals surface area contributed by atoms with Crippen molar-refractivity contribution in [3.63, 3.8) is 0 Å². The van der Waals surface area contributed by atoms with Crippen LogP contribution in [0.4, 0.5) is 8.78 Å². The number of rotatable bonds is 1. The van der Waals surface area contributed by atoms with Gasteiger partial charge in [-0.15, -0.1) is 0 Å². The summed E-state index contributed by atoms with van der Waals surface area (Å²) in [6, 6.07) is 2.34. The summed E-state index contributed by atoms with van der Waals surface area (Å²) in [6.07, 6.45) is 3.50. The lowest BCUT2D eigenvalue weighted by atomic mass is 9.98. The molecule has 2 unspecified atom stereocenters. The molecule has 0 saturated heterocycles. The zero-order chi connectivity index (χ0) is 12.0. The van der Waals surface area contributed by atoms with Crippen LogP contribution in [0.25, 0.3) is 11.0 Å². The van der Waals surface area contributed by atoms with E-state index in [4.69, 9.17) is 0 Å². The van der Waals surface area contributed by atoms with Crippen LogP contribution in [0.5, 0.6) is 0 Å². The van der Waals surface area contributed by atoms with Crippen molar-refractivity contribution in [3.05, 3.63) is 29.6 Å². The minimum Gasteiger partial charge on any atom is -0.342 e. The third-order valence-electron chi connectivity index (χ3n) is 3.75. The van der Waals surface area contributed by atoms with Crippen molar-refractivity contribution in [2.45, 2.75) is 32.1 Å². The largest absolute Gasteiger partial charge is 0.342 e. The van der Waals surface area contributed by atoms with Crippen molar-refractivity contribution >= 4 is 11.0 Å². The molecule has 2 atom stereocenters. The minimum atomic E-state index is -0.838. The summed E-state index contributed by atoms with van der Waals surface area (Å²) in [4.78, 5) is 7.50. The average Bonchev–Trinajstić information content (AvgIpc) is 2.85. The molecule has 90 valence electrons. The number of H-pyrrole nitrogens is 1. The summed E-state index contributed by atoms with van der Waals surface area (Å²) < 4.78 is 26.2. The molecule has 4 heteroatoms. The molecule has 0 aliphatic heterocycles. The summed E-state index contributed by atoms with van der Waals surface area (Å²) in [6.45, 7) is 2.20. The normalized spacial score (nSPS) is 24.6. The Labute approximate surface area is 98.1 Å². The molecule has 1 heterocycles. The van der Waals surface area contributed by atoms with Crippen molar-refractivity contribution < 1.29 is 8.78 Å². The van der Waals surface area contributed by atoms with Crippen LogP contribution in [0.2, 0.25) is 0 Å². The lowest BCUT2D eigenvalue weighted by Crippen LogP contribution is -2.03. The van der Waals surface area contributed by atoms with Gasteiger partial charge >= 0.3 is 0 Å². The van der Waals surface area contributed by atoms with Gasteiger partial charge in [0.1, 0.15) is 5.82 Å². The second-order valence-corrected chi connectivity index (χ2v) is 4.92. The molecule has 1 fully saturated rings. The Morgan fingerprint density at radius 2 is 2.00 bits per heavy atom. The van der Waals surface area contributed by atoms with Gasteiger partial charge in [-0.25, -0.2) is 13.8 Å². The van der Waals surface area contributed by atoms with Crippen LogP contribution in [0.15, 0.2) is 12.1 Å². The van der Waals surface area contributed by atoms with E-state index in [0.717, 1.165) is 18.3 Å². The van der Waals surface area contributed by atoms with Gasteiger partial charge in [0.15, 0.2) is 11.6 Å². The molecule has 0 bridgehead atoms. The number of nitrogens with zero attached hydrogens (tertiary/aromatic N) is 1. The van der Waals surface area contributed by atoms with Gasteiger partial charge in [-0.05, 0) is 18.8 Å². The number of hydrogen-bond donors (Lipinski definition) is 1. The third kappa shape index (κ3) is 1.72. The summed E-state index contributed by atoms with van der Waals surface area (Å²) in [5.41, 5.74) is 1.09. The predicted octanol–water partition coefficient (Wildman–Crippen LogP) is 3.74. The molecule has 3 rings (SSSR count). The highest BCUT2D eigenvalue weighted by atomic mass is 19.2. The van der Waals surface area contributed by atoms with Gasteiger partial charge < -0.3 is 4.98 Å². The van der Waals surface area contributed by atoms with Crippen LogP contribution in [0.1, 0.15) is 37.9 Å². The molecule has 2 nitrogen and oxygen atoms in total. The molecule has 1 aliphatic carbocycles. The number of nitrogens with one attached hydrogen (secondary N) is 1. The average molecular weight is 236 g/mol. The van der Waals surface area contributed by atoms with E-state index < -0.39 is 11.6 Å². The van der Waals surface area contributed by atoms with Gasteiger partial charge in [-0.2, -0.15) is 0 Å². The van der Waals surface area contributed by atoms with Gasteiger partial charge in [0, 0.05) is 18.1 Å². The summed E-state index contributed by atoms with van der Waals surface area (Å²) in [5, 5.41) is 0. The summed E-state index contributed by atoms with van der Waals surface area (Å²) in [5.74, 6) is 0.191. The monoisotopic (exact) mass is 236 g/mol. The molecule has 1 aliphatic rings. The highest BCUT2D eigenvalue weighted by Gasteiger charge is 2.27. The zero-order valence-corrected chi connectivity index (χ0v) is 9.63. The maximum atomic E-state index is 13.1. The Morgan fingerprint density at radius 1 is 1.24 bits per heavy atom. The molecule has 1 aromatic carbocycles. The van der Waals surface area contributed by atoms with E-state index in [1.807, 2.05) is 0 Å². The number of halogens is 2. The van der Waals surface area contributed by atoms with Crippen LogP contribution < -0.4 is 0 Å². The van der Waals surface area contributed by atoms with Gasteiger partial charge in [0.2, 0.25) is 0 Å². The fraction of sp³-hybridized carbons (Fsp3) is 0.462. The number of imidazole rings is 1. The highest BCUT2D eigenvalue weighted by Crippen LogP contribution is 2.38.